The summed E-state index contributed by atoms with van der Waals surface area (Å²) in [4.78, 5) is 22.5. The largest absolute Gasteiger partial charge is 0.457 e. The van der Waals surface area contributed by atoms with Crippen molar-refractivity contribution in [1.29, 1.82) is 0 Å². The molecule has 0 rings (SSSR count). The van der Waals surface area contributed by atoms with Crippen LogP contribution in [0.5, 0.6) is 0 Å². The van der Waals surface area contributed by atoms with E-state index < -0.39 is 17.5 Å². The maximum atomic E-state index is 11.4. The molecule has 0 bridgehead atoms. The van der Waals surface area contributed by atoms with Gasteiger partial charge in [-0.15, -0.1) is 0 Å². The second-order valence-electron chi connectivity index (χ2n) is 4.49. The maximum Gasteiger partial charge on any atom is 0.337 e. The van der Waals surface area contributed by atoms with E-state index in [0.717, 1.165) is 6.26 Å². The minimum atomic E-state index is -0.567. The van der Waals surface area contributed by atoms with Gasteiger partial charge in [0.1, 0.15) is 11.9 Å². The minimum Gasteiger partial charge on any atom is -0.457 e. The first-order valence-electron chi connectivity index (χ1n) is 4.90. The fourth-order valence-electron chi connectivity index (χ4n) is 0.649. The Hall–Kier alpha value is -1.58. The highest BCUT2D eigenvalue weighted by molar-refractivity contribution is 5.90. The SMILES string of the molecule is C=C(C)C(=O)O/C=C(\C)C(=O)OC(C)(C)C. The molecule has 4 heteroatoms. The second kappa shape index (κ2) is 5.49. The van der Waals surface area contributed by atoms with Crippen LogP contribution in [0, 0.1) is 0 Å². The van der Waals surface area contributed by atoms with E-state index >= 15 is 0 Å². The van der Waals surface area contributed by atoms with Crippen molar-refractivity contribution in [2.45, 2.75) is 40.2 Å². The summed E-state index contributed by atoms with van der Waals surface area (Å²) in [6.45, 7) is 11.7. The minimum absolute atomic E-state index is 0.226. The number of esters is 2. The van der Waals surface area contributed by atoms with Gasteiger partial charge < -0.3 is 9.47 Å². The van der Waals surface area contributed by atoms with E-state index in [1.54, 1.807) is 20.8 Å². The normalized spacial score (nSPS) is 11.9. The summed E-state index contributed by atoms with van der Waals surface area (Å²) in [6.07, 6.45) is 1.07. The summed E-state index contributed by atoms with van der Waals surface area (Å²) >= 11 is 0. The zero-order valence-electron chi connectivity index (χ0n) is 10.4. The second-order valence-corrected chi connectivity index (χ2v) is 4.49. The van der Waals surface area contributed by atoms with E-state index in [1.165, 1.54) is 13.8 Å². The highest BCUT2D eigenvalue weighted by atomic mass is 16.6. The van der Waals surface area contributed by atoms with Gasteiger partial charge in [-0.05, 0) is 34.6 Å². The average Bonchev–Trinajstić information content (AvgIpc) is 2.10. The van der Waals surface area contributed by atoms with Crippen LogP contribution in [-0.4, -0.2) is 17.5 Å². The van der Waals surface area contributed by atoms with E-state index in [0.29, 0.717) is 0 Å². The number of ether oxygens (including phenoxy) is 2. The number of hydrogen-bond acceptors (Lipinski definition) is 4. The summed E-state index contributed by atoms with van der Waals surface area (Å²) in [5.41, 5.74) is -0.0670. The molecular weight excluding hydrogens is 208 g/mol. The zero-order valence-corrected chi connectivity index (χ0v) is 10.4. The standard InChI is InChI=1S/C12H18O4/c1-8(2)10(13)15-7-9(3)11(14)16-12(4,5)6/h7H,1H2,2-6H3/b9-7+. The van der Waals surface area contributed by atoms with Crippen molar-refractivity contribution in [2.75, 3.05) is 0 Å². The quantitative estimate of drug-likeness (QED) is 0.421. The summed E-state index contributed by atoms with van der Waals surface area (Å²) in [5.74, 6) is -1.08. The summed E-state index contributed by atoms with van der Waals surface area (Å²) in [7, 11) is 0. The Morgan fingerprint density at radius 2 is 1.62 bits per heavy atom. The number of carbonyl (C=O) groups is 2. The summed E-state index contributed by atoms with van der Waals surface area (Å²) in [6, 6.07) is 0. The number of rotatable bonds is 3. The topological polar surface area (TPSA) is 52.6 Å². The Labute approximate surface area is 95.9 Å². The Balaban J connectivity index is 4.39. The van der Waals surface area contributed by atoms with Gasteiger partial charge in [-0.25, -0.2) is 9.59 Å². The van der Waals surface area contributed by atoms with Crippen LogP contribution in [-0.2, 0) is 19.1 Å². The Kier molecular flexibility index (Phi) is 4.95. The molecule has 0 saturated heterocycles. The van der Waals surface area contributed by atoms with E-state index in [2.05, 4.69) is 6.58 Å². The molecule has 4 nitrogen and oxygen atoms in total. The monoisotopic (exact) mass is 226 g/mol. The lowest BCUT2D eigenvalue weighted by Crippen LogP contribution is -2.24. The smallest absolute Gasteiger partial charge is 0.337 e. The molecule has 0 aromatic heterocycles. The lowest BCUT2D eigenvalue weighted by molar-refractivity contribution is -0.150. The van der Waals surface area contributed by atoms with E-state index in [-0.39, 0.29) is 11.1 Å². The molecular formula is C12H18O4. The Bertz CT molecular complexity index is 331. The molecule has 0 N–H and O–H groups in total. The first-order valence-corrected chi connectivity index (χ1v) is 4.90. The highest BCUT2D eigenvalue weighted by Crippen LogP contribution is 2.10. The molecule has 0 heterocycles. The van der Waals surface area contributed by atoms with E-state index in [1.807, 2.05) is 0 Å². The van der Waals surface area contributed by atoms with Gasteiger partial charge >= 0.3 is 11.9 Å². The molecule has 0 aliphatic rings. The van der Waals surface area contributed by atoms with Crippen LogP contribution in [0.1, 0.15) is 34.6 Å². The third kappa shape index (κ3) is 6.01. The molecule has 0 fully saturated rings. The van der Waals surface area contributed by atoms with Gasteiger partial charge in [0, 0.05) is 5.57 Å². The molecule has 0 unspecified atom stereocenters. The lowest BCUT2D eigenvalue weighted by Gasteiger charge is -2.19. The maximum absolute atomic E-state index is 11.4. The van der Waals surface area contributed by atoms with Crippen LogP contribution in [0.2, 0.25) is 0 Å². The van der Waals surface area contributed by atoms with Gasteiger partial charge in [0.2, 0.25) is 0 Å². The zero-order chi connectivity index (χ0) is 12.9. The molecule has 0 saturated carbocycles. The fraction of sp³-hybridized carbons (Fsp3) is 0.500. The number of carbonyl (C=O) groups excluding carboxylic acids is 2. The van der Waals surface area contributed by atoms with Crippen molar-refractivity contribution >= 4 is 11.9 Å². The van der Waals surface area contributed by atoms with Crippen molar-refractivity contribution < 1.29 is 19.1 Å². The average molecular weight is 226 g/mol. The van der Waals surface area contributed by atoms with Crippen molar-refractivity contribution in [1.82, 2.24) is 0 Å². The van der Waals surface area contributed by atoms with Crippen LogP contribution >= 0.6 is 0 Å². The van der Waals surface area contributed by atoms with Gasteiger partial charge in [-0.2, -0.15) is 0 Å². The van der Waals surface area contributed by atoms with E-state index in [4.69, 9.17) is 9.47 Å². The van der Waals surface area contributed by atoms with Crippen molar-refractivity contribution in [3.8, 4) is 0 Å². The van der Waals surface area contributed by atoms with E-state index in [9.17, 15) is 9.59 Å². The van der Waals surface area contributed by atoms with Crippen LogP contribution in [0.15, 0.2) is 24.0 Å². The highest BCUT2D eigenvalue weighted by Gasteiger charge is 2.17. The van der Waals surface area contributed by atoms with Crippen molar-refractivity contribution in [3.05, 3.63) is 24.0 Å². The molecule has 0 spiro atoms. The lowest BCUT2D eigenvalue weighted by atomic mass is 10.2. The molecule has 0 amide bonds. The Morgan fingerprint density at radius 1 is 1.12 bits per heavy atom. The summed E-state index contributed by atoms with van der Waals surface area (Å²) < 4.78 is 9.77. The molecule has 0 aromatic carbocycles. The fourth-order valence-corrected chi connectivity index (χ4v) is 0.649. The molecule has 0 atom stereocenters. The first-order chi connectivity index (χ1) is 7.13. The van der Waals surface area contributed by atoms with Crippen LogP contribution < -0.4 is 0 Å². The molecule has 16 heavy (non-hydrogen) atoms. The third-order valence-electron chi connectivity index (χ3n) is 1.41. The summed E-state index contributed by atoms with van der Waals surface area (Å²) in [5, 5.41) is 0. The number of hydrogen-bond donors (Lipinski definition) is 0. The van der Waals surface area contributed by atoms with Gasteiger partial charge in [0.25, 0.3) is 0 Å². The Morgan fingerprint density at radius 3 is 2.00 bits per heavy atom. The van der Waals surface area contributed by atoms with Gasteiger partial charge in [-0.1, -0.05) is 6.58 Å². The van der Waals surface area contributed by atoms with Crippen molar-refractivity contribution in [2.24, 2.45) is 0 Å². The third-order valence-corrected chi connectivity index (χ3v) is 1.41. The molecule has 0 radical (unpaired) electrons. The predicted octanol–water partition coefficient (Wildman–Crippen LogP) is 2.35. The van der Waals surface area contributed by atoms with Crippen molar-refractivity contribution in [3.63, 3.8) is 0 Å². The predicted molar refractivity (Wildman–Crippen MR) is 60.5 cm³/mol. The molecule has 0 aliphatic heterocycles. The van der Waals surface area contributed by atoms with Gasteiger partial charge in [-0.3, -0.25) is 0 Å². The van der Waals surface area contributed by atoms with Gasteiger partial charge in [0.05, 0.1) is 5.57 Å². The molecule has 0 aromatic rings. The van der Waals surface area contributed by atoms with Crippen LogP contribution in [0.4, 0.5) is 0 Å². The van der Waals surface area contributed by atoms with Crippen LogP contribution in [0.3, 0.4) is 0 Å². The molecule has 90 valence electrons. The van der Waals surface area contributed by atoms with Crippen LogP contribution in [0.25, 0.3) is 0 Å². The molecule has 0 aliphatic carbocycles. The van der Waals surface area contributed by atoms with Gasteiger partial charge in [0.15, 0.2) is 0 Å². The first kappa shape index (κ1) is 14.4.